The van der Waals surface area contributed by atoms with E-state index in [1.807, 2.05) is 11.4 Å². The number of hydrogen-bond acceptors (Lipinski definition) is 3. The van der Waals surface area contributed by atoms with E-state index in [1.165, 1.54) is 6.42 Å². The first-order valence-corrected chi connectivity index (χ1v) is 8.16. The Balaban J connectivity index is 1.61. The molecule has 20 heavy (non-hydrogen) atoms. The van der Waals surface area contributed by atoms with Crippen molar-refractivity contribution in [2.75, 3.05) is 6.54 Å². The van der Waals surface area contributed by atoms with Crippen molar-refractivity contribution in [1.29, 1.82) is 0 Å². The Morgan fingerprint density at radius 3 is 2.75 bits per heavy atom. The number of nitrogens with zero attached hydrogens (tertiary/aromatic N) is 1. The number of thiophene rings is 1. The molecule has 1 aromatic heterocycles. The molecule has 4 nitrogen and oxygen atoms in total. The van der Waals surface area contributed by atoms with Crippen LogP contribution in [0.25, 0.3) is 0 Å². The lowest BCUT2D eigenvalue weighted by molar-refractivity contribution is -0.152. The van der Waals surface area contributed by atoms with E-state index in [1.54, 1.807) is 16.2 Å². The molecule has 4 rings (SSSR count). The maximum atomic E-state index is 12.7. The molecule has 5 heteroatoms. The van der Waals surface area contributed by atoms with Crippen LogP contribution in [-0.2, 0) is 16.0 Å². The Kier molecular flexibility index (Phi) is 2.67. The fourth-order valence-corrected chi connectivity index (χ4v) is 5.10. The number of hydrogen-bond donors (Lipinski definition) is 1. The van der Waals surface area contributed by atoms with Gasteiger partial charge in [-0.2, -0.15) is 0 Å². The van der Waals surface area contributed by atoms with E-state index in [4.69, 9.17) is 0 Å². The smallest absolute Gasteiger partial charge is 0.331 e. The number of carboxylic acid groups (broad SMARTS) is 1. The van der Waals surface area contributed by atoms with Gasteiger partial charge in [-0.1, -0.05) is 6.42 Å². The Labute approximate surface area is 121 Å². The summed E-state index contributed by atoms with van der Waals surface area (Å²) in [5.74, 6) is 0.389. The summed E-state index contributed by atoms with van der Waals surface area (Å²) >= 11 is 1.60. The zero-order valence-electron chi connectivity index (χ0n) is 11.1. The van der Waals surface area contributed by atoms with Crippen molar-refractivity contribution in [2.24, 2.45) is 17.8 Å². The lowest BCUT2D eigenvalue weighted by Crippen LogP contribution is -2.44. The molecular weight excluding hydrogens is 274 g/mol. The fourth-order valence-electron chi connectivity index (χ4n) is 4.20. The van der Waals surface area contributed by atoms with Gasteiger partial charge >= 0.3 is 5.97 Å². The molecule has 3 aliphatic rings. The van der Waals surface area contributed by atoms with Gasteiger partial charge < -0.3 is 10.0 Å². The molecule has 2 aliphatic carbocycles. The molecule has 2 heterocycles. The molecule has 0 aromatic carbocycles. The second kappa shape index (κ2) is 4.32. The van der Waals surface area contributed by atoms with Gasteiger partial charge in [0.2, 0.25) is 5.91 Å². The first-order chi connectivity index (χ1) is 9.68. The van der Waals surface area contributed by atoms with Crippen LogP contribution < -0.4 is 0 Å². The number of carbonyl (C=O) groups is 2. The zero-order chi connectivity index (χ0) is 13.9. The second-order valence-electron chi connectivity index (χ2n) is 6.11. The van der Waals surface area contributed by atoms with E-state index in [-0.39, 0.29) is 11.8 Å². The summed E-state index contributed by atoms with van der Waals surface area (Å²) in [5.41, 5.74) is 0.827. The normalized spacial score (nSPS) is 34.5. The number of carboxylic acids is 1. The molecule has 106 valence electrons. The highest BCUT2D eigenvalue weighted by Crippen LogP contribution is 2.58. The third-order valence-electron chi connectivity index (χ3n) is 5.17. The van der Waals surface area contributed by atoms with Crippen LogP contribution in [0, 0.1) is 17.8 Å². The zero-order valence-corrected chi connectivity index (χ0v) is 11.9. The number of fused-ring (bicyclic) bond motifs is 2. The number of aliphatic carboxylic acids is 1. The Morgan fingerprint density at radius 1 is 1.30 bits per heavy atom. The summed E-state index contributed by atoms with van der Waals surface area (Å²) in [4.78, 5) is 27.1. The standard InChI is InChI=1S/C15H17NO3S/c17-14(12-8-2-1-3-9(8)12)16-6-4-11-10(5-7-20-11)13(16)15(18)19/h5,7-9,12-13H,1-4,6H2,(H,18,19). The molecule has 3 unspecified atom stereocenters. The SMILES string of the molecule is O=C(O)C1c2ccsc2CCN1C(=O)C1C2CCCC21. The molecule has 0 saturated heterocycles. The molecular formula is C15H17NO3S. The largest absolute Gasteiger partial charge is 0.479 e. The molecule has 0 spiro atoms. The summed E-state index contributed by atoms with van der Waals surface area (Å²) in [7, 11) is 0. The maximum absolute atomic E-state index is 12.7. The summed E-state index contributed by atoms with van der Waals surface area (Å²) in [6.45, 7) is 0.555. The lowest BCUT2D eigenvalue weighted by atomic mass is 9.98. The first kappa shape index (κ1) is 12.4. The maximum Gasteiger partial charge on any atom is 0.331 e. The highest BCUT2D eigenvalue weighted by Gasteiger charge is 2.58. The van der Waals surface area contributed by atoms with Crippen LogP contribution in [0.2, 0.25) is 0 Å². The third-order valence-corrected chi connectivity index (χ3v) is 6.17. The van der Waals surface area contributed by atoms with Crippen molar-refractivity contribution < 1.29 is 14.7 Å². The predicted molar refractivity (Wildman–Crippen MR) is 74.4 cm³/mol. The molecule has 1 N–H and O–H groups in total. The van der Waals surface area contributed by atoms with Gasteiger partial charge in [-0.25, -0.2) is 4.79 Å². The van der Waals surface area contributed by atoms with Gasteiger partial charge in [-0.3, -0.25) is 4.79 Å². The minimum atomic E-state index is -0.900. The van der Waals surface area contributed by atoms with Gasteiger partial charge in [-0.15, -0.1) is 11.3 Å². The van der Waals surface area contributed by atoms with Gasteiger partial charge in [0.1, 0.15) is 0 Å². The molecule has 2 fully saturated rings. The van der Waals surface area contributed by atoms with E-state index in [0.717, 1.165) is 29.7 Å². The first-order valence-electron chi connectivity index (χ1n) is 7.28. The minimum Gasteiger partial charge on any atom is -0.479 e. The van der Waals surface area contributed by atoms with Crippen molar-refractivity contribution >= 4 is 23.2 Å². The van der Waals surface area contributed by atoms with E-state index in [2.05, 4.69) is 0 Å². The summed E-state index contributed by atoms with van der Waals surface area (Å²) in [6.07, 6.45) is 4.33. The van der Waals surface area contributed by atoms with Crippen molar-refractivity contribution in [3.8, 4) is 0 Å². The molecule has 1 aliphatic heterocycles. The summed E-state index contributed by atoms with van der Waals surface area (Å²) < 4.78 is 0. The highest BCUT2D eigenvalue weighted by molar-refractivity contribution is 7.10. The second-order valence-corrected chi connectivity index (χ2v) is 7.11. The van der Waals surface area contributed by atoms with Crippen LogP contribution in [0.5, 0.6) is 0 Å². The van der Waals surface area contributed by atoms with Gasteiger partial charge in [0.25, 0.3) is 0 Å². The van der Waals surface area contributed by atoms with Gasteiger partial charge in [0.05, 0.1) is 0 Å². The van der Waals surface area contributed by atoms with Crippen LogP contribution >= 0.6 is 11.3 Å². The number of amides is 1. The summed E-state index contributed by atoms with van der Waals surface area (Å²) in [6, 6.07) is 1.10. The van der Waals surface area contributed by atoms with Crippen molar-refractivity contribution in [3.63, 3.8) is 0 Å². The summed E-state index contributed by atoms with van der Waals surface area (Å²) in [5, 5.41) is 11.5. The Bertz CT molecular complexity index is 571. The van der Waals surface area contributed by atoms with Gasteiger partial charge in [-0.05, 0) is 48.1 Å². The van der Waals surface area contributed by atoms with E-state index < -0.39 is 12.0 Å². The lowest BCUT2D eigenvalue weighted by Gasteiger charge is -2.33. The average Bonchev–Trinajstić information content (AvgIpc) is 2.85. The predicted octanol–water partition coefficient (Wildman–Crippen LogP) is 2.30. The van der Waals surface area contributed by atoms with Crippen molar-refractivity contribution in [1.82, 2.24) is 4.90 Å². The third kappa shape index (κ3) is 1.65. The molecule has 0 bridgehead atoms. The topological polar surface area (TPSA) is 57.6 Å². The van der Waals surface area contributed by atoms with Crippen LogP contribution in [-0.4, -0.2) is 28.4 Å². The molecule has 2 saturated carbocycles. The Morgan fingerprint density at radius 2 is 2.05 bits per heavy atom. The van der Waals surface area contributed by atoms with Crippen LogP contribution in [0.4, 0.5) is 0 Å². The van der Waals surface area contributed by atoms with E-state index in [0.29, 0.717) is 18.4 Å². The van der Waals surface area contributed by atoms with Crippen LogP contribution in [0.3, 0.4) is 0 Å². The van der Waals surface area contributed by atoms with Crippen molar-refractivity contribution in [3.05, 3.63) is 21.9 Å². The monoisotopic (exact) mass is 291 g/mol. The molecule has 1 amide bonds. The quantitative estimate of drug-likeness (QED) is 0.909. The van der Waals surface area contributed by atoms with Gasteiger partial charge in [0, 0.05) is 17.3 Å². The molecule has 1 aromatic rings. The average molecular weight is 291 g/mol. The Hall–Kier alpha value is -1.36. The number of carbonyl (C=O) groups excluding carboxylic acids is 1. The molecule has 3 atom stereocenters. The van der Waals surface area contributed by atoms with Crippen LogP contribution in [0.15, 0.2) is 11.4 Å². The van der Waals surface area contributed by atoms with E-state index >= 15 is 0 Å². The minimum absolute atomic E-state index is 0.0870. The van der Waals surface area contributed by atoms with Crippen LogP contribution in [0.1, 0.15) is 35.7 Å². The van der Waals surface area contributed by atoms with E-state index in [9.17, 15) is 14.7 Å². The number of rotatable bonds is 2. The molecule has 0 radical (unpaired) electrons. The fraction of sp³-hybridized carbons (Fsp3) is 0.600. The highest BCUT2D eigenvalue weighted by atomic mass is 32.1. The van der Waals surface area contributed by atoms with Gasteiger partial charge in [0.15, 0.2) is 6.04 Å². The van der Waals surface area contributed by atoms with Crippen molar-refractivity contribution in [2.45, 2.75) is 31.7 Å².